The molecule has 2 aromatic heterocycles. The van der Waals surface area contributed by atoms with E-state index in [9.17, 15) is 8.42 Å². The highest BCUT2D eigenvalue weighted by molar-refractivity contribution is 7.85. The first-order chi connectivity index (χ1) is 20.1. The smallest absolute Gasteiger partial charge is 0.264 e. The normalized spacial score (nSPS) is 18.2. The van der Waals surface area contributed by atoms with E-state index in [0.29, 0.717) is 19.8 Å². The predicted octanol–water partition coefficient (Wildman–Crippen LogP) is 5.94. The van der Waals surface area contributed by atoms with E-state index in [-0.39, 0.29) is 30.0 Å². The van der Waals surface area contributed by atoms with Crippen molar-refractivity contribution in [1.29, 1.82) is 0 Å². The van der Waals surface area contributed by atoms with Crippen molar-refractivity contribution < 1.29 is 31.2 Å². The molecule has 1 saturated heterocycles. The van der Waals surface area contributed by atoms with Gasteiger partial charge in [0.25, 0.3) is 10.1 Å². The van der Waals surface area contributed by atoms with Crippen molar-refractivity contribution in [3.05, 3.63) is 30.6 Å². The fourth-order valence-corrected chi connectivity index (χ4v) is 6.05. The molecule has 0 amide bonds. The minimum atomic E-state index is -3.48. The van der Waals surface area contributed by atoms with E-state index in [1.165, 1.54) is 0 Å². The first-order valence-corrected chi connectivity index (χ1v) is 19.8. The SMILES string of the molecule is C[C@@H](COS(C)(=O)=O)OCCOC[C@H](C)n1cc(-c2nn(C3CCCCO3)c3ccc(O[Si](C)(C)C(C)(C)C)cc23)cn1. The van der Waals surface area contributed by atoms with Gasteiger partial charge in [-0.1, -0.05) is 20.8 Å². The monoisotopic (exact) mass is 636 g/mol. The Kier molecular flexibility index (Phi) is 10.8. The van der Waals surface area contributed by atoms with Gasteiger partial charge < -0.3 is 18.6 Å². The second kappa shape index (κ2) is 13.8. The Morgan fingerprint density at radius 1 is 1.14 bits per heavy atom. The number of hydrogen-bond donors (Lipinski definition) is 0. The molecule has 0 N–H and O–H groups in total. The van der Waals surface area contributed by atoms with E-state index >= 15 is 0 Å². The molecule has 3 heterocycles. The summed E-state index contributed by atoms with van der Waals surface area (Å²) in [6.45, 7) is 16.9. The van der Waals surface area contributed by atoms with Crippen LogP contribution in [0.3, 0.4) is 0 Å². The second-order valence-electron chi connectivity index (χ2n) is 13.0. The maximum atomic E-state index is 11.1. The van der Waals surface area contributed by atoms with Crippen molar-refractivity contribution in [1.82, 2.24) is 19.6 Å². The maximum absolute atomic E-state index is 11.1. The highest BCUT2D eigenvalue weighted by Gasteiger charge is 2.39. The third kappa shape index (κ3) is 8.89. The summed E-state index contributed by atoms with van der Waals surface area (Å²) in [6, 6.07) is 6.25. The number of hydrogen-bond acceptors (Lipinski definition) is 9. The number of nitrogens with zero attached hydrogens (tertiary/aromatic N) is 4. The molecule has 0 saturated carbocycles. The van der Waals surface area contributed by atoms with E-state index in [4.69, 9.17) is 27.9 Å². The summed E-state index contributed by atoms with van der Waals surface area (Å²) in [7, 11) is -5.51. The van der Waals surface area contributed by atoms with Crippen LogP contribution in [-0.4, -0.2) is 81.7 Å². The molecule has 4 rings (SSSR count). The van der Waals surface area contributed by atoms with Gasteiger partial charge in [-0.15, -0.1) is 0 Å². The van der Waals surface area contributed by atoms with Crippen molar-refractivity contribution in [2.24, 2.45) is 0 Å². The van der Waals surface area contributed by atoms with Gasteiger partial charge in [0.1, 0.15) is 11.4 Å². The summed E-state index contributed by atoms with van der Waals surface area (Å²) in [5.41, 5.74) is 2.78. The molecule has 13 heteroatoms. The Labute approximate surface area is 257 Å². The number of fused-ring (bicyclic) bond motifs is 1. The lowest BCUT2D eigenvalue weighted by Crippen LogP contribution is -2.43. The molecular weight excluding hydrogens is 589 g/mol. The first kappa shape index (κ1) is 33.6. The lowest BCUT2D eigenvalue weighted by atomic mass is 10.1. The molecular formula is C30H48N4O7SSi. The Hall–Kier alpha value is -2.29. The molecule has 1 aliphatic heterocycles. The van der Waals surface area contributed by atoms with Crippen molar-refractivity contribution in [3.8, 4) is 17.0 Å². The molecule has 240 valence electrons. The Morgan fingerprint density at radius 3 is 2.58 bits per heavy atom. The van der Waals surface area contributed by atoms with E-state index in [1.807, 2.05) is 28.7 Å². The quantitative estimate of drug-likeness (QED) is 0.120. The van der Waals surface area contributed by atoms with Gasteiger partial charge >= 0.3 is 0 Å². The van der Waals surface area contributed by atoms with E-state index in [2.05, 4.69) is 57.2 Å². The van der Waals surface area contributed by atoms with Crippen molar-refractivity contribution in [2.75, 3.05) is 39.3 Å². The summed E-state index contributed by atoms with van der Waals surface area (Å²) >= 11 is 0. The standard InChI is InChI=1S/C30H48N4O7SSi/c1-22(20-37-15-16-38-23(2)21-40-42(6,35)36)33-19-24(18-31-33)29-26-17-25(41-43(7,8)30(3,4)5)12-13-27(26)34(32-29)28-11-9-10-14-39-28/h12-13,17-19,22-23,28H,9-11,14-16,20-21H2,1-8H3/t22-,23-,28?/m0/s1. The van der Waals surface area contributed by atoms with Crippen LogP contribution in [0.15, 0.2) is 30.6 Å². The largest absolute Gasteiger partial charge is 0.543 e. The Balaban J connectivity index is 1.47. The van der Waals surface area contributed by atoms with Gasteiger partial charge in [0.05, 0.1) is 56.5 Å². The molecule has 0 radical (unpaired) electrons. The number of ether oxygens (including phenoxy) is 3. The minimum absolute atomic E-state index is 0.0211. The lowest BCUT2D eigenvalue weighted by Gasteiger charge is -2.36. The molecule has 1 aromatic carbocycles. The molecule has 43 heavy (non-hydrogen) atoms. The van der Waals surface area contributed by atoms with Crippen LogP contribution in [0.25, 0.3) is 22.2 Å². The van der Waals surface area contributed by atoms with Crippen molar-refractivity contribution in [3.63, 3.8) is 0 Å². The fraction of sp³-hybridized carbons (Fsp3) is 0.667. The average molecular weight is 637 g/mol. The van der Waals surface area contributed by atoms with Crippen LogP contribution in [0, 0.1) is 0 Å². The Bertz CT molecular complexity index is 1460. The van der Waals surface area contributed by atoms with Crippen LogP contribution in [0.1, 0.15) is 66.2 Å². The summed E-state index contributed by atoms with van der Waals surface area (Å²) in [6.07, 6.45) is 7.53. The van der Waals surface area contributed by atoms with Crippen LogP contribution in [0.2, 0.25) is 18.1 Å². The molecule has 1 unspecified atom stereocenters. The van der Waals surface area contributed by atoms with Gasteiger partial charge in [0.2, 0.25) is 8.32 Å². The van der Waals surface area contributed by atoms with Crippen LogP contribution in [0.4, 0.5) is 0 Å². The summed E-state index contributed by atoms with van der Waals surface area (Å²) in [5.74, 6) is 0.859. The summed E-state index contributed by atoms with van der Waals surface area (Å²) < 4.78 is 55.1. The van der Waals surface area contributed by atoms with Crippen LogP contribution in [0.5, 0.6) is 5.75 Å². The first-order valence-electron chi connectivity index (χ1n) is 15.1. The van der Waals surface area contributed by atoms with E-state index in [1.54, 1.807) is 6.92 Å². The van der Waals surface area contributed by atoms with Gasteiger partial charge in [0, 0.05) is 23.8 Å². The molecule has 0 aliphatic carbocycles. The van der Waals surface area contributed by atoms with E-state index in [0.717, 1.165) is 60.0 Å². The Morgan fingerprint density at radius 2 is 1.91 bits per heavy atom. The second-order valence-corrected chi connectivity index (χ2v) is 19.3. The fourth-order valence-electron chi connectivity index (χ4n) is 4.59. The van der Waals surface area contributed by atoms with Gasteiger partial charge in [-0.05, 0) is 69.4 Å². The molecule has 3 aromatic rings. The third-order valence-electron chi connectivity index (χ3n) is 8.12. The van der Waals surface area contributed by atoms with Crippen molar-refractivity contribution in [2.45, 2.75) is 90.4 Å². The third-order valence-corrected chi connectivity index (χ3v) is 13.0. The van der Waals surface area contributed by atoms with Crippen molar-refractivity contribution >= 4 is 29.3 Å². The molecule has 3 atom stereocenters. The maximum Gasteiger partial charge on any atom is 0.264 e. The topological polar surface area (TPSA) is 116 Å². The zero-order valence-electron chi connectivity index (χ0n) is 26.8. The minimum Gasteiger partial charge on any atom is -0.543 e. The zero-order chi connectivity index (χ0) is 31.4. The zero-order valence-corrected chi connectivity index (χ0v) is 28.6. The molecule has 1 aliphatic rings. The summed E-state index contributed by atoms with van der Waals surface area (Å²) in [4.78, 5) is 0. The van der Waals surface area contributed by atoms with Gasteiger partial charge in [-0.2, -0.15) is 18.6 Å². The molecule has 0 bridgehead atoms. The number of rotatable bonds is 14. The lowest BCUT2D eigenvalue weighted by molar-refractivity contribution is -0.0365. The van der Waals surface area contributed by atoms with Gasteiger partial charge in [-0.25, -0.2) is 4.68 Å². The molecule has 11 nitrogen and oxygen atoms in total. The van der Waals surface area contributed by atoms with Gasteiger partial charge in [-0.3, -0.25) is 8.86 Å². The van der Waals surface area contributed by atoms with E-state index < -0.39 is 18.4 Å². The van der Waals surface area contributed by atoms with Crippen LogP contribution in [-0.2, 0) is 28.5 Å². The van der Waals surface area contributed by atoms with Gasteiger partial charge in [0.15, 0.2) is 6.23 Å². The number of aromatic nitrogens is 4. The summed E-state index contributed by atoms with van der Waals surface area (Å²) in [5, 5.41) is 10.8. The highest BCUT2D eigenvalue weighted by Crippen LogP contribution is 2.40. The van der Waals surface area contributed by atoms with Crippen LogP contribution >= 0.6 is 0 Å². The highest BCUT2D eigenvalue weighted by atomic mass is 32.2. The van der Waals surface area contributed by atoms with Crippen LogP contribution < -0.4 is 4.43 Å². The molecule has 0 spiro atoms. The average Bonchev–Trinajstić information content (AvgIpc) is 3.56. The predicted molar refractivity (Wildman–Crippen MR) is 169 cm³/mol. The number of benzene rings is 1. The molecule has 1 fully saturated rings.